The van der Waals surface area contributed by atoms with Gasteiger partial charge in [0.05, 0.1) is 17.2 Å². The molecule has 4 rings (SSSR count). The van der Waals surface area contributed by atoms with E-state index in [9.17, 15) is 14.4 Å². The Bertz CT molecular complexity index is 1340. The van der Waals surface area contributed by atoms with Gasteiger partial charge >= 0.3 is 11.6 Å². The van der Waals surface area contributed by atoms with E-state index >= 15 is 0 Å². The lowest BCUT2D eigenvalue weighted by molar-refractivity contribution is -0.134. The smallest absolute Gasteiger partial charge is 0.336 e. The Hall–Kier alpha value is -3.74. The highest BCUT2D eigenvalue weighted by Gasteiger charge is 2.09. The minimum absolute atomic E-state index is 0.128. The normalized spacial score (nSPS) is 11.1. The van der Waals surface area contributed by atoms with Crippen LogP contribution in [-0.2, 0) is 11.3 Å². The van der Waals surface area contributed by atoms with Gasteiger partial charge in [0.15, 0.2) is 0 Å². The van der Waals surface area contributed by atoms with Crippen LogP contribution in [0.2, 0.25) is 0 Å². The zero-order valence-corrected chi connectivity index (χ0v) is 15.8. The van der Waals surface area contributed by atoms with Crippen LogP contribution < -0.4 is 15.9 Å². The molecular weight excluding hydrogens is 372 g/mol. The minimum Gasteiger partial charge on any atom is -0.426 e. The van der Waals surface area contributed by atoms with Gasteiger partial charge < -0.3 is 9.15 Å². The van der Waals surface area contributed by atoms with Crippen LogP contribution in [0.25, 0.3) is 21.9 Å². The van der Waals surface area contributed by atoms with Crippen molar-refractivity contribution in [2.24, 2.45) is 0 Å². The standard InChI is InChI=1S/C22H18N2O5/c1-14-4-2-5-17-21(14)23-13-24(22(17)27)11-3-6-19(25)28-16-9-7-15-8-10-20(26)29-18(15)12-16/h2,4-5,7-10,12-13H,3,6,11H2,1H3. The Morgan fingerprint density at radius 1 is 1.14 bits per heavy atom. The molecule has 2 aromatic carbocycles. The van der Waals surface area contributed by atoms with Gasteiger partial charge in [-0.1, -0.05) is 12.1 Å². The van der Waals surface area contributed by atoms with Gasteiger partial charge in [-0.2, -0.15) is 0 Å². The molecule has 2 heterocycles. The first-order valence-corrected chi connectivity index (χ1v) is 9.20. The van der Waals surface area contributed by atoms with E-state index in [1.54, 1.807) is 24.3 Å². The third-order valence-corrected chi connectivity index (χ3v) is 4.66. The Kier molecular flexibility index (Phi) is 4.95. The van der Waals surface area contributed by atoms with Crippen LogP contribution in [0, 0.1) is 6.92 Å². The summed E-state index contributed by atoms with van der Waals surface area (Å²) in [6, 6.07) is 13.3. The lowest BCUT2D eigenvalue weighted by Gasteiger charge is -2.08. The molecule has 0 aliphatic rings. The fraction of sp³-hybridized carbons (Fsp3) is 0.182. The highest BCUT2D eigenvalue weighted by molar-refractivity contribution is 5.81. The highest BCUT2D eigenvalue weighted by atomic mass is 16.5. The molecule has 0 saturated heterocycles. The summed E-state index contributed by atoms with van der Waals surface area (Å²) in [4.78, 5) is 40.4. The Labute approximate surface area is 165 Å². The van der Waals surface area contributed by atoms with Crippen molar-refractivity contribution < 1.29 is 13.9 Å². The second-order valence-electron chi connectivity index (χ2n) is 6.75. The zero-order valence-electron chi connectivity index (χ0n) is 15.8. The molecule has 7 nitrogen and oxygen atoms in total. The Balaban J connectivity index is 1.40. The maximum Gasteiger partial charge on any atom is 0.336 e. The quantitative estimate of drug-likeness (QED) is 0.295. The van der Waals surface area contributed by atoms with Crippen LogP contribution >= 0.6 is 0 Å². The number of esters is 1. The van der Waals surface area contributed by atoms with Crippen LogP contribution in [0.3, 0.4) is 0 Å². The molecule has 0 spiro atoms. The molecule has 7 heteroatoms. The molecular formula is C22H18N2O5. The summed E-state index contributed by atoms with van der Waals surface area (Å²) in [5, 5.41) is 1.30. The van der Waals surface area contributed by atoms with Gasteiger partial charge in [-0.15, -0.1) is 0 Å². The number of aryl methyl sites for hydroxylation is 2. The lowest BCUT2D eigenvalue weighted by atomic mass is 10.1. The molecule has 0 N–H and O–H groups in total. The summed E-state index contributed by atoms with van der Waals surface area (Å²) in [6.45, 7) is 2.27. The molecule has 146 valence electrons. The van der Waals surface area contributed by atoms with Gasteiger partial charge in [0.1, 0.15) is 11.3 Å². The number of benzene rings is 2. The topological polar surface area (TPSA) is 91.4 Å². The first-order valence-electron chi connectivity index (χ1n) is 9.20. The van der Waals surface area contributed by atoms with E-state index in [1.165, 1.54) is 23.0 Å². The Morgan fingerprint density at radius 3 is 2.83 bits per heavy atom. The zero-order chi connectivity index (χ0) is 20.4. The van der Waals surface area contributed by atoms with Gasteiger partial charge in [0.2, 0.25) is 0 Å². The summed E-state index contributed by atoms with van der Waals surface area (Å²) in [6.07, 6.45) is 2.07. The van der Waals surface area contributed by atoms with E-state index in [4.69, 9.17) is 9.15 Å². The maximum absolute atomic E-state index is 12.6. The predicted molar refractivity (Wildman–Crippen MR) is 108 cm³/mol. The molecule has 0 fully saturated rings. The fourth-order valence-electron chi connectivity index (χ4n) is 3.18. The van der Waals surface area contributed by atoms with Crippen molar-refractivity contribution in [2.75, 3.05) is 0 Å². The average molecular weight is 390 g/mol. The number of hydrogen-bond acceptors (Lipinski definition) is 6. The van der Waals surface area contributed by atoms with Gasteiger partial charge in [-0.3, -0.25) is 14.2 Å². The van der Waals surface area contributed by atoms with Gasteiger partial charge in [-0.25, -0.2) is 9.78 Å². The lowest BCUT2D eigenvalue weighted by Crippen LogP contribution is -2.21. The number of carbonyl (C=O) groups is 1. The highest BCUT2D eigenvalue weighted by Crippen LogP contribution is 2.20. The van der Waals surface area contributed by atoms with Gasteiger partial charge in [-0.05, 0) is 43.2 Å². The summed E-state index contributed by atoms with van der Waals surface area (Å²) >= 11 is 0. The van der Waals surface area contributed by atoms with Crippen molar-refractivity contribution in [3.05, 3.63) is 81.2 Å². The van der Waals surface area contributed by atoms with Crippen molar-refractivity contribution in [3.63, 3.8) is 0 Å². The molecule has 0 unspecified atom stereocenters. The molecule has 2 aromatic heterocycles. The first-order chi connectivity index (χ1) is 14.0. The van der Waals surface area contributed by atoms with Crippen molar-refractivity contribution >= 4 is 27.8 Å². The van der Waals surface area contributed by atoms with E-state index in [-0.39, 0.29) is 12.0 Å². The molecule has 4 aromatic rings. The number of carbonyl (C=O) groups excluding carboxylic acids is 1. The van der Waals surface area contributed by atoms with Crippen LogP contribution in [0.15, 0.2) is 68.9 Å². The fourth-order valence-corrected chi connectivity index (χ4v) is 3.18. The largest absolute Gasteiger partial charge is 0.426 e. The molecule has 0 atom stereocenters. The van der Waals surface area contributed by atoms with Crippen LogP contribution in [0.1, 0.15) is 18.4 Å². The van der Waals surface area contributed by atoms with Crippen LogP contribution in [0.4, 0.5) is 0 Å². The summed E-state index contributed by atoms with van der Waals surface area (Å²) in [5.41, 5.74) is 1.40. The first kappa shape index (κ1) is 18.6. The number of hydrogen-bond donors (Lipinski definition) is 0. The van der Waals surface area contributed by atoms with E-state index in [0.717, 1.165) is 10.9 Å². The maximum atomic E-state index is 12.6. The predicted octanol–water partition coefficient (Wildman–Crippen LogP) is 3.20. The summed E-state index contributed by atoms with van der Waals surface area (Å²) < 4.78 is 11.9. The molecule has 29 heavy (non-hydrogen) atoms. The van der Waals surface area contributed by atoms with Gasteiger partial charge in [0, 0.05) is 30.5 Å². The van der Waals surface area contributed by atoms with Crippen molar-refractivity contribution in [3.8, 4) is 5.75 Å². The van der Waals surface area contributed by atoms with Crippen LogP contribution in [0.5, 0.6) is 5.75 Å². The average Bonchev–Trinajstić information content (AvgIpc) is 2.70. The minimum atomic E-state index is -0.467. The molecule has 0 amide bonds. The van der Waals surface area contributed by atoms with Crippen LogP contribution in [-0.4, -0.2) is 15.5 Å². The third-order valence-electron chi connectivity index (χ3n) is 4.66. The third kappa shape index (κ3) is 3.94. The van der Waals surface area contributed by atoms with Crippen molar-refractivity contribution in [1.29, 1.82) is 0 Å². The van der Waals surface area contributed by atoms with E-state index < -0.39 is 11.6 Å². The number of fused-ring (bicyclic) bond motifs is 2. The van der Waals surface area contributed by atoms with Crippen molar-refractivity contribution in [2.45, 2.75) is 26.3 Å². The van der Waals surface area contributed by atoms with E-state index in [1.807, 2.05) is 19.1 Å². The second-order valence-corrected chi connectivity index (χ2v) is 6.75. The Morgan fingerprint density at radius 2 is 1.97 bits per heavy atom. The SMILES string of the molecule is Cc1cccc2c(=O)n(CCCC(=O)Oc3ccc4ccc(=O)oc4c3)cnc12. The number of rotatable bonds is 5. The monoisotopic (exact) mass is 390 g/mol. The van der Waals surface area contributed by atoms with Gasteiger partial charge in [0.25, 0.3) is 5.56 Å². The molecule has 0 saturated carbocycles. The summed E-state index contributed by atoms with van der Waals surface area (Å²) in [5.74, 6) is -0.128. The number of nitrogens with zero attached hydrogens (tertiary/aromatic N) is 2. The second kappa shape index (κ2) is 7.71. The number of aromatic nitrogens is 2. The van der Waals surface area contributed by atoms with Crippen molar-refractivity contribution in [1.82, 2.24) is 9.55 Å². The number of ether oxygens (including phenoxy) is 1. The molecule has 0 aliphatic carbocycles. The molecule has 0 radical (unpaired) electrons. The number of para-hydroxylation sites is 1. The molecule has 0 aliphatic heterocycles. The van der Waals surface area contributed by atoms with E-state index in [2.05, 4.69) is 4.98 Å². The van der Waals surface area contributed by atoms with E-state index in [0.29, 0.717) is 35.2 Å². The molecule has 0 bridgehead atoms. The summed E-state index contributed by atoms with van der Waals surface area (Å²) in [7, 11) is 0.